The molecule has 7 nitrogen and oxygen atoms in total. The van der Waals surface area contributed by atoms with Crippen LogP contribution in [0.15, 0.2) is 0 Å². The molecule has 0 heterocycles. The molecule has 0 aliphatic heterocycles. The highest BCUT2D eigenvalue weighted by atomic mass is 16.4. The Labute approximate surface area is 113 Å². The van der Waals surface area contributed by atoms with Crippen LogP contribution >= 0.6 is 0 Å². The minimum atomic E-state index is -1.00. The van der Waals surface area contributed by atoms with Crippen LogP contribution in [0.3, 0.4) is 0 Å². The molecule has 0 spiro atoms. The highest BCUT2D eigenvalue weighted by molar-refractivity contribution is 5.87. The van der Waals surface area contributed by atoms with Crippen LogP contribution in [0.25, 0.3) is 0 Å². The number of hydrogen-bond donors (Lipinski definition) is 4. The number of aliphatic carboxylic acids is 1. The monoisotopic (exact) mass is 273 g/mol. The van der Waals surface area contributed by atoms with Crippen LogP contribution < -0.4 is 16.0 Å². The average molecular weight is 273 g/mol. The van der Waals surface area contributed by atoms with Crippen LogP contribution in [0, 0.1) is 0 Å². The molecule has 4 N–H and O–H groups in total. The molecule has 0 fully saturated rings. The van der Waals surface area contributed by atoms with E-state index >= 15 is 0 Å². The van der Waals surface area contributed by atoms with Crippen molar-refractivity contribution in [3.63, 3.8) is 0 Å². The van der Waals surface area contributed by atoms with Crippen LogP contribution in [0.1, 0.15) is 41.0 Å². The summed E-state index contributed by atoms with van der Waals surface area (Å²) in [5.74, 6) is -1.29. The zero-order chi connectivity index (χ0) is 15.2. The third-order valence-corrected chi connectivity index (χ3v) is 2.22. The highest BCUT2D eigenvalue weighted by Gasteiger charge is 2.25. The van der Waals surface area contributed by atoms with E-state index in [2.05, 4.69) is 16.0 Å². The lowest BCUT2D eigenvalue weighted by Gasteiger charge is -2.25. The maximum atomic E-state index is 11.6. The highest BCUT2D eigenvalue weighted by Crippen LogP contribution is 2.07. The molecule has 0 aromatic heterocycles. The summed E-state index contributed by atoms with van der Waals surface area (Å²) in [4.78, 5) is 33.8. The first kappa shape index (κ1) is 17.2. The van der Waals surface area contributed by atoms with Crippen LogP contribution in [0.4, 0.5) is 4.79 Å². The summed E-state index contributed by atoms with van der Waals surface area (Å²) in [5.41, 5.74) is -0.885. The van der Waals surface area contributed by atoms with Crippen molar-refractivity contribution < 1.29 is 19.5 Å². The first-order valence-corrected chi connectivity index (χ1v) is 6.14. The Hall–Kier alpha value is -1.79. The number of amides is 3. The Morgan fingerprint density at radius 1 is 1.11 bits per heavy atom. The molecule has 0 aromatic rings. The molecule has 19 heavy (non-hydrogen) atoms. The van der Waals surface area contributed by atoms with E-state index in [0.29, 0.717) is 0 Å². The molecule has 0 saturated carbocycles. The van der Waals surface area contributed by atoms with Crippen LogP contribution in [-0.2, 0) is 9.59 Å². The van der Waals surface area contributed by atoms with Gasteiger partial charge in [-0.1, -0.05) is 0 Å². The van der Waals surface area contributed by atoms with E-state index in [1.807, 2.05) is 13.8 Å². The fraction of sp³-hybridized carbons (Fsp3) is 0.750. The summed E-state index contributed by atoms with van der Waals surface area (Å²) in [6, 6.07) is -1.27. The number of urea groups is 1. The van der Waals surface area contributed by atoms with Crippen molar-refractivity contribution in [2.75, 3.05) is 0 Å². The standard InChI is InChI=1S/C12H23N3O4/c1-7(2)13-10(18)8(3)14-11(19)15-12(4,5)6-9(16)17/h7-8H,6H2,1-5H3,(H,13,18)(H,16,17)(H2,14,15,19). The van der Waals surface area contributed by atoms with Gasteiger partial charge < -0.3 is 21.1 Å². The molecule has 0 aromatic carbocycles. The molecule has 1 unspecified atom stereocenters. The predicted octanol–water partition coefficient (Wildman–Crippen LogP) is 0.452. The Kier molecular flexibility index (Phi) is 6.31. The van der Waals surface area contributed by atoms with Crippen molar-refractivity contribution in [2.45, 2.75) is 58.7 Å². The third-order valence-electron chi connectivity index (χ3n) is 2.22. The molecule has 1 atom stereocenters. The Morgan fingerprint density at radius 3 is 2.05 bits per heavy atom. The quantitative estimate of drug-likeness (QED) is 0.563. The maximum absolute atomic E-state index is 11.6. The van der Waals surface area contributed by atoms with Crippen molar-refractivity contribution in [2.24, 2.45) is 0 Å². The average Bonchev–Trinajstić information content (AvgIpc) is 2.12. The van der Waals surface area contributed by atoms with Crippen LogP contribution in [-0.4, -0.2) is 40.6 Å². The summed E-state index contributed by atoms with van der Waals surface area (Å²) in [7, 11) is 0. The van der Waals surface area contributed by atoms with Crippen LogP contribution in [0.5, 0.6) is 0 Å². The van der Waals surface area contributed by atoms with Gasteiger partial charge in [0.15, 0.2) is 0 Å². The lowest BCUT2D eigenvalue weighted by atomic mass is 10.0. The fourth-order valence-electron chi connectivity index (χ4n) is 1.44. The lowest BCUT2D eigenvalue weighted by Crippen LogP contribution is -2.54. The van der Waals surface area contributed by atoms with E-state index in [1.165, 1.54) is 0 Å². The van der Waals surface area contributed by atoms with Gasteiger partial charge in [-0.2, -0.15) is 0 Å². The minimum absolute atomic E-state index is 0.0109. The SMILES string of the molecule is CC(C)NC(=O)C(C)NC(=O)NC(C)(C)CC(=O)O. The molecule has 0 rings (SSSR count). The molecule has 0 radical (unpaired) electrons. The second-order valence-electron chi connectivity index (χ2n) is 5.44. The van der Waals surface area contributed by atoms with Gasteiger partial charge in [-0.3, -0.25) is 9.59 Å². The molecule has 0 saturated heterocycles. The number of carbonyl (C=O) groups excluding carboxylic acids is 2. The first-order valence-electron chi connectivity index (χ1n) is 6.14. The van der Waals surface area contributed by atoms with Gasteiger partial charge >= 0.3 is 12.0 Å². The molecule has 0 aliphatic rings. The number of carboxylic acid groups (broad SMARTS) is 1. The summed E-state index contributed by atoms with van der Waals surface area (Å²) < 4.78 is 0. The number of hydrogen-bond acceptors (Lipinski definition) is 3. The molecular formula is C12H23N3O4. The van der Waals surface area contributed by atoms with Crippen molar-refractivity contribution in [1.29, 1.82) is 0 Å². The van der Waals surface area contributed by atoms with E-state index in [1.54, 1.807) is 20.8 Å². The zero-order valence-electron chi connectivity index (χ0n) is 12.0. The zero-order valence-corrected chi connectivity index (χ0v) is 12.0. The van der Waals surface area contributed by atoms with Gasteiger partial charge in [0.2, 0.25) is 5.91 Å². The van der Waals surface area contributed by atoms with E-state index in [9.17, 15) is 14.4 Å². The van der Waals surface area contributed by atoms with Gasteiger partial charge in [-0.15, -0.1) is 0 Å². The molecular weight excluding hydrogens is 250 g/mol. The smallest absolute Gasteiger partial charge is 0.315 e. The second-order valence-corrected chi connectivity index (χ2v) is 5.44. The van der Waals surface area contributed by atoms with E-state index < -0.39 is 23.6 Å². The number of rotatable bonds is 6. The van der Waals surface area contributed by atoms with Crippen molar-refractivity contribution in [1.82, 2.24) is 16.0 Å². The van der Waals surface area contributed by atoms with E-state index in [4.69, 9.17) is 5.11 Å². The summed E-state index contributed by atoms with van der Waals surface area (Å²) in [6.07, 6.45) is -0.201. The minimum Gasteiger partial charge on any atom is -0.481 e. The second kappa shape index (κ2) is 6.96. The lowest BCUT2D eigenvalue weighted by molar-refractivity contribution is -0.138. The Balaban J connectivity index is 4.31. The molecule has 0 aliphatic carbocycles. The summed E-state index contributed by atoms with van der Waals surface area (Å²) >= 11 is 0. The van der Waals surface area contributed by atoms with E-state index in [0.717, 1.165) is 0 Å². The van der Waals surface area contributed by atoms with E-state index in [-0.39, 0.29) is 18.4 Å². The summed E-state index contributed by atoms with van der Waals surface area (Å²) in [6.45, 7) is 8.39. The van der Waals surface area contributed by atoms with Crippen molar-refractivity contribution in [3.8, 4) is 0 Å². The van der Waals surface area contributed by atoms with Crippen LogP contribution in [0.2, 0.25) is 0 Å². The molecule has 3 amide bonds. The maximum Gasteiger partial charge on any atom is 0.315 e. The fourth-order valence-corrected chi connectivity index (χ4v) is 1.44. The van der Waals surface area contributed by atoms with Gasteiger partial charge in [0.1, 0.15) is 6.04 Å². The topological polar surface area (TPSA) is 108 Å². The van der Waals surface area contributed by atoms with Crippen molar-refractivity contribution in [3.05, 3.63) is 0 Å². The van der Waals surface area contributed by atoms with Gasteiger partial charge in [0.25, 0.3) is 0 Å². The molecule has 7 heteroatoms. The first-order chi connectivity index (χ1) is 8.53. The molecule has 0 bridgehead atoms. The van der Waals surface area contributed by atoms with Gasteiger partial charge in [0, 0.05) is 11.6 Å². The van der Waals surface area contributed by atoms with Gasteiger partial charge in [-0.05, 0) is 34.6 Å². The van der Waals surface area contributed by atoms with Gasteiger partial charge in [-0.25, -0.2) is 4.79 Å². The molecule has 110 valence electrons. The number of nitrogens with one attached hydrogen (secondary N) is 3. The number of carbonyl (C=O) groups is 3. The largest absolute Gasteiger partial charge is 0.481 e. The summed E-state index contributed by atoms with van der Waals surface area (Å²) in [5, 5.41) is 16.3. The Bertz CT molecular complexity index is 353. The van der Waals surface area contributed by atoms with Gasteiger partial charge in [0.05, 0.1) is 6.42 Å². The number of carboxylic acids is 1. The Morgan fingerprint density at radius 2 is 1.63 bits per heavy atom. The predicted molar refractivity (Wildman–Crippen MR) is 70.7 cm³/mol. The van der Waals surface area contributed by atoms with Crippen molar-refractivity contribution >= 4 is 17.9 Å². The normalized spacial score (nSPS) is 12.7. The third kappa shape index (κ3) is 8.01.